The molecule has 1 heterocycles. The summed E-state index contributed by atoms with van der Waals surface area (Å²) >= 11 is 0. The maximum atomic E-state index is 9.84. The Balaban J connectivity index is 2.78. The molecule has 1 unspecified atom stereocenters. The minimum Gasteiger partial charge on any atom is -0.388 e. The quantitative estimate of drug-likeness (QED) is 0.736. The summed E-state index contributed by atoms with van der Waals surface area (Å²) < 4.78 is 0. The molecule has 0 bridgehead atoms. The number of pyridine rings is 1. The van der Waals surface area contributed by atoms with E-state index in [1.165, 1.54) is 0 Å². The number of aliphatic hydroxyl groups is 1. The van der Waals surface area contributed by atoms with E-state index in [0.29, 0.717) is 12.8 Å². The number of hydrogen-bond donors (Lipinski definition) is 1. The SMILES string of the molecule is C#CCCC(O)c1ccncc1CC. The van der Waals surface area contributed by atoms with Crippen LogP contribution >= 0.6 is 0 Å². The van der Waals surface area contributed by atoms with Crippen LogP contribution in [0.3, 0.4) is 0 Å². The van der Waals surface area contributed by atoms with Crippen LogP contribution in [0.15, 0.2) is 18.5 Å². The van der Waals surface area contributed by atoms with E-state index in [0.717, 1.165) is 17.5 Å². The van der Waals surface area contributed by atoms with Gasteiger partial charge >= 0.3 is 0 Å². The standard InChI is InChI=1S/C12H15NO/c1-3-5-6-12(14)11-7-8-13-9-10(11)4-2/h1,7-9,12,14H,4-6H2,2H3. The minimum atomic E-state index is -0.455. The molecule has 0 amide bonds. The van der Waals surface area contributed by atoms with Crippen molar-refractivity contribution in [1.82, 2.24) is 4.98 Å². The van der Waals surface area contributed by atoms with Crippen LogP contribution in [0.2, 0.25) is 0 Å². The molecule has 2 heteroatoms. The third-order valence-corrected chi connectivity index (χ3v) is 2.24. The summed E-state index contributed by atoms with van der Waals surface area (Å²) in [5.41, 5.74) is 2.05. The molecule has 0 aliphatic rings. The molecule has 0 aliphatic carbocycles. The Hall–Kier alpha value is -1.33. The van der Waals surface area contributed by atoms with Crippen LogP contribution in [-0.4, -0.2) is 10.1 Å². The second kappa shape index (κ2) is 5.41. The highest BCUT2D eigenvalue weighted by atomic mass is 16.3. The molecule has 1 N–H and O–H groups in total. The molecule has 14 heavy (non-hydrogen) atoms. The van der Waals surface area contributed by atoms with Crippen LogP contribution in [-0.2, 0) is 6.42 Å². The number of hydrogen-bond acceptors (Lipinski definition) is 2. The Kier molecular flexibility index (Phi) is 4.15. The molecule has 1 aromatic heterocycles. The molecule has 0 aliphatic heterocycles. The van der Waals surface area contributed by atoms with Crippen molar-refractivity contribution < 1.29 is 5.11 Å². The molecule has 0 fully saturated rings. The van der Waals surface area contributed by atoms with Crippen LogP contribution in [0.1, 0.15) is 37.0 Å². The average molecular weight is 189 g/mol. The van der Waals surface area contributed by atoms with Gasteiger partial charge in [-0.2, -0.15) is 0 Å². The fourth-order valence-electron chi connectivity index (χ4n) is 1.43. The third kappa shape index (κ3) is 2.58. The van der Waals surface area contributed by atoms with E-state index in [4.69, 9.17) is 6.42 Å². The molecule has 0 saturated carbocycles. The fourth-order valence-corrected chi connectivity index (χ4v) is 1.43. The Morgan fingerprint density at radius 2 is 2.43 bits per heavy atom. The molecule has 2 nitrogen and oxygen atoms in total. The minimum absolute atomic E-state index is 0.455. The zero-order chi connectivity index (χ0) is 10.4. The van der Waals surface area contributed by atoms with Crippen molar-refractivity contribution in [2.75, 3.05) is 0 Å². The summed E-state index contributed by atoms with van der Waals surface area (Å²) in [4.78, 5) is 4.03. The third-order valence-electron chi connectivity index (χ3n) is 2.24. The number of terminal acetylenes is 1. The predicted molar refractivity (Wildman–Crippen MR) is 56.6 cm³/mol. The Morgan fingerprint density at radius 3 is 3.07 bits per heavy atom. The largest absolute Gasteiger partial charge is 0.388 e. The van der Waals surface area contributed by atoms with Gasteiger partial charge in [0, 0.05) is 18.8 Å². The molecular weight excluding hydrogens is 174 g/mol. The van der Waals surface area contributed by atoms with Crippen molar-refractivity contribution >= 4 is 0 Å². The highest BCUT2D eigenvalue weighted by molar-refractivity contribution is 5.25. The van der Waals surface area contributed by atoms with Gasteiger partial charge in [-0.1, -0.05) is 6.92 Å². The van der Waals surface area contributed by atoms with Gasteiger partial charge in [0.25, 0.3) is 0 Å². The van der Waals surface area contributed by atoms with Gasteiger partial charge in [-0.3, -0.25) is 4.98 Å². The Bertz CT molecular complexity index is 327. The summed E-state index contributed by atoms with van der Waals surface area (Å²) in [5.74, 6) is 2.53. The van der Waals surface area contributed by atoms with Crippen LogP contribution in [0.5, 0.6) is 0 Å². The molecule has 0 saturated heterocycles. The number of rotatable bonds is 4. The topological polar surface area (TPSA) is 33.1 Å². The monoisotopic (exact) mass is 189 g/mol. The first-order valence-electron chi connectivity index (χ1n) is 4.84. The van der Waals surface area contributed by atoms with Crippen LogP contribution in [0.4, 0.5) is 0 Å². The second-order valence-corrected chi connectivity index (χ2v) is 3.19. The summed E-state index contributed by atoms with van der Waals surface area (Å²) in [7, 11) is 0. The lowest BCUT2D eigenvalue weighted by Gasteiger charge is -2.12. The van der Waals surface area contributed by atoms with Gasteiger partial charge < -0.3 is 5.11 Å². The van der Waals surface area contributed by atoms with Gasteiger partial charge in [0.15, 0.2) is 0 Å². The first kappa shape index (κ1) is 10.7. The molecule has 1 atom stereocenters. The van der Waals surface area contributed by atoms with E-state index in [1.807, 2.05) is 6.07 Å². The molecule has 0 aromatic carbocycles. The Labute approximate surface area is 85.0 Å². The van der Waals surface area contributed by atoms with E-state index in [1.54, 1.807) is 12.4 Å². The molecule has 0 radical (unpaired) electrons. The molecule has 0 spiro atoms. The van der Waals surface area contributed by atoms with Gasteiger partial charge in [-0.25, -0.2) is 0 Å². The van der Waals surface area contributed by atoms with Gasteiger partial charge in [0.05, 0.1) is 6.10 Å². The summed E-state index contributed by atoms with van der Waals surface area (Å²) in [5, 5.41) is 9.84. The Morgan fingerprint density at radius 1 is 1.64 bits per heavy atom. The summed E-state index contributed by atoms with van der Waals surface area (Å²) in [6, 6.07) is 1.86. The average Bonchev–Trinajstić information content (AvgIpc) is 2.25. The van der Waals surface area contributed by atoms with Crippen molar-refractivity contribution in [1.29, 1.82) is 0 Å². The van der Waals surface area contributed by atoms with E-state index in [2.05, 4.69) is 17.8 Å². The molecule has 74 valence electrons. The van der Waals surface area contributed by atoms with E-state index >= 15 is 0 Å². The molecular formula is C12H15NO. The van der Waals surface area contributed by atoms with E-state index in [-0.39, 0.29) is 0 Å². The van der Waals surface area contributed by atoms with Crippen molar-refractivity contribution in [2.24, 2.45) is 0 Å². The highest BCUT2D eigenvalue weighted by Crippen LogP contribution is 2.21. The smallest absolute Gasteiger partial charge is 0.0802 e. The first-order valence-corrected chi connectivity index (χ1v) is 4.84. The van der Waals surface area contributed by atoms with Gasteiger partial charge in [0.1, 0.15) is 0 Å². The van der Waals surface area contributed by atoms with E-state index in [9.17, 15) is 5.11 Å². The van der Waals surface area contributed by atoms with E-state index < -0.39 is 6.10 Å². The number of aryl methyl sites for hydroxylation is 1. The predicted octanol–water partition coefficient (Wildman–Crippen LogP) is 2.09. The van der Waals surface area contributed by atoms with Crippen LogP contribution in [0.25, 0.3) is 0 Å². The van der Waals surface area contributed by atoms with Crippen molar-refractivity contribution in [3.8, 4) is 12.3 Å². The second-order valence-electron chi connectivity index (χ2n) is 3.19. The van der Waals surface area contributed by atoms with Crippen molar-refractivity contribution in [2.45, 2.75) is 32.3 Å². The van der Waals surface area contributed by atoms with Gasteiger partial charge in [-0.05, 0) is 30.0 Å². The summed E-state index contributed by atoms with van der Waals surface area (Å²) in [6.45, 7) is 2.05. The number of nitrogens with zero attached hydrogens (tertiary/aromatic N) is 1. The first-order chi connectivity index (χ1) is 6.79. The highest BCUT2D eigenvalue weighted by Gasteiger charge is 2.10. The van der Waals surface area contributed by atoms with Gasteiger partial charge in [0.2, 0.25) is 0 Å². The van der Waals surface area contributed by atoms with Gasteiger partial charge in [-0.15, -0.1) is 12.3 Å². The lowest BCUT2D eigenvalue weighted by molar-refractivity contribution is 0.168. The zero-order valence-corrected chi connectivity index (χ0v) is 8.40. The lowest BCUT2D eigenvalue weighted by Crippen LogP contribution is -2.01. The fraction of sp³-hybridized carbons (Fsp3) is 0.417. The molecule has 1 aromatic rings. The molecule has 1 rings (SSSR count). The van der Waals surface area contributed by atoms with Crippen molar-refractivity contribution in [3.63, 3.8) is 0 Å². The number of aliphatic hydroxyl groups excluding tert-OH is 1. The number of aromatic nitrogens is 1. The van der Waals surface area contributed by atoms with Crippen LogP contribution < -0.4 is 0 Å². The maximum Gasteiger partial charge on any atom is 0.0802 e. The lowest BCUT2D eigenvalue weighted by atomic mass is 10.00. The summed E-state index contributed by atoms with van der Waals surface area (Å²) in [6.07, 6.45) is 10.3. The normalized spacial score (nSPS) is 12.1. The van der Waals surface area contributed by atoms with Crippen molar-refractivity contribution in [3.05, 3.63) is 29.6 Å². The zero-order valence-electron chi connectivity index (χ0n) is 8.40. The van der Waals surface area contributed by atoms with Crippen LogP contribution in [0, 0.1) is 12.3 Å². The maximum absolute atomic E-state index is 9.84.